The number of rotatable bonds is 3. The van der Waals surface area contributed by atoms with E-state index in [1.54, 1.807) is 11.3 Å². The molecule has 0 radical (unpaired) electrons. The molecule has 112 valence electrons. The fourth-order valence-corrected chi connectivity index (χ4v) is 3.95. The molecule has 0 atom stereocenters. The molecule has 1 aliphatic carbocycles. The fourth-order valence-electron chi connectivity index (χ4n) is 3.31. The maximum Gasteiger partial charge on any atom is 0.0970 e. The van der Waals surface area contributed by atoms with Crippen molar-refractivity contribution in [3.05, 3.63) is 70.2 Å². The number of thiophene rings is 1. The summed E-state index contributed by atoms with van der Waals surface area (Å²) in [6.07, 6.45) is 4.75. The Balaban J connectivity index is 1.52. The van der Waals surface area contributed by atoms with Gasteiger partial charge in [-0.15, -0.1) is 0 Å². The Morgan fingerprint density at radius 1 is 1.26 bits per heavy atom. The van der Waals surface area contributed by atoms with Crippen LogP contribution < -0.4 is 0 Å². The van der Waals surface area contributed by atoms with E-state index in [1.165, 1.54) is 33.5 Å². The van der Waals surface area contributed by atoms with E-state index in [9.17, 15) is 0 Å². The first-order valence-electron chi connectivity index (χ1n) is 7.58. The Morgan fingerprint density at radius 2 is 2.26 bits per heavy atom. The third-order valence-corrected chi connectivity index (χ3v) is 5.05. The van der Waals surface area contributed by atoms with Crippen molar-refractivity contribution in [2.45, 2.75) is 13.0 Å². The van der Waals surface area contributed by atoms with Crippen LogP contribution in [0.1, 0.15) is 16.7 Å². The second kappa shape index (κ2) is 4.93. The third-order valence-electron chi connectivity index (χ3n) is 4.37. The van der Waals surface area contributed by atoms with E-state index in [0.29, 0.717) is 0 Å². The maximum absolute atomic E-state index is 4.53. The van der Waals surface area contributed by atoms with Crippen molar-refractivity contribution in [2.24, 2.45) is 0 Å². The molecule has 3 aromatic heterocycles. The molecule has 1 aliphatic rings. The zero-order valence-electron chi connectivity index (χ0n) is 12.4. The van der Waals surface area contributed by atoms with Gasteiger partial charge in [-0.05, 0) is 28.6 Å². The Hall–Kier alpha value is -2.66. The lowest BCUT2D eigenvalue weighted by Gasteiger charge is -2.05. The van der Waals surface area contributed by atoms with Gasteiger partial charge >= 0.3 is 0 Å². The average molecular weight is 318 g/mol. The number of H-pyrrole nitrogens is 1. The number of nitrogens with zero attached hydrogens (tertiary/aromatic N) is 3. The van der Waals surface area contributed by atoms with Gasteiger partial charge in [0, 0.05) is 40.9 Å². The van der Waals surface area contributed by atoms with Crippen molar-refractivity contribution in [1.82, 2.24) is 20.0 Å². The smallest absolute Gasteiger partial charge is 0.0970 e. The van der Waals surface area contributed by atoms with Crippen LogP contribution in [0.3, 0.4) is 0 Å². The minimum Gasteiger partial charge on any atom is -0.277 e. The summed E-state index contributed by atoms with van der Waals surface area (Å²) in [6, 6.07) is 10.8. The van der Waals surface area contributed by atoms with Gasteiger partial charge in [0.1, 0.15) is 0 Å². The van der Waals surface area contributed by atoms with Crippen LogP contribution in [0.15, 0.2) is 53.5 Å². The standard InChI is InChI=1S/C18H14N4S/c1-5-19-22(6-1)10-12-2-3-15-14(8-12)9-16-17(20-21-18(15)16)13-4-7-23-11-13/h1-8,11H,9-10H2,(H,20,21). The minimum absolute atomic E-state index is 0.809. The quantitative estimate of drug-likeness (QED) is 0.547. The van der Waals surface area contributed by atoms with Gasteiger partial charge in [0.05, 0.1) is 17.9 Å². The zero-order valence-corrected chi connectivity index (χ0v) is 13.2. The van der Waals surface area contributed by atoms with Crippen LogP contribution >= 0.6 is 11.3 Å². The van der Waals surface area contributed by atoms with Crippen molar-refractivity contribution >= 4 is 11.3 Å². The van der Waals surface area contributed by atoms with Gasteiger partial charge < -0.3 is 0 Å². The monoisotopic (exact) mass is 318 g/mol. The van der Waals surface area contributed by atoms with Gasteiger partial charge in [-0.3, -0.25) is 9.78 Å². The van der Waals surface area contributed by atoms with Gasteiger partial charge in [0.2, 0.25) is 0 Å². The first-order valence-corrected chi connectivity index (χ1v) is 8.52. The first kappa shape index (κ1) is 12.8. The highest BCUT2D eigenvalue weighted by Gasteiger charge is 2.25. The highest BCUT2D eigenvalue weighted by atomic mass is 32.1. The molecule has 1 N–H and O–H groups in total. The van der Waals surface area contributed by atoms with Crippen molar-refractivity contribution < 1.29 is 0 Å². The Labute approximate surface area is 137 Å². The number of aromatic nitrogens is 4. The fraction of sp³-hybridized carbons (Fsp3) is 0.111. The summed E-state index contributed by atoms with van der Waals surface area (Å²) in [5.41, 5.74) is 8.71. The van der Waals surface area contributed by atoms with Crippen LogP contribution in [0.5, 0.6) is 0 Å². The molecule has 23 heavy (non-hydrogen) atoms. The summed E-state index contributed by atoms with van der Waals surface area (Å²) in [7, 11) is 0. The highest BCUT2D eigenvalue weighted by molar-refractivity contribution is 7.08. The second-order valence-electron chi connectivity index (χ2n) is 5.81. The molecule has 1 aromatic carbocycles. The molecular weight excluding hydrogens is 304 g/mol. The molecule has 0 amide bonds. The molecule has 0 saturated heterocycles. The SMILES string of the molecule is c1cnn(Cc2ccc3c(c2)Cc2c(-c4ccsc4)n[nH]c2-3)c1. The lowest BCUT2D eigenvalue weighted by Crippen LogP contribution is -2.00. The molecule has 0 fully saturated rings. The summed E-state index contributed by atoms with van der Waals surface area (Å²) in [5.74, 6) is 0. The number of hydrogen-bond donors (Lipinski definition) is 1. The van der Waals surface area contributed by atoms with E-state index < -0.39 is 0 Å². The van der Waals surface area contributed by atoms with Crippen LogP contribution in [0.25, 0.3) is 22.5 Å². The molecule has 0 unspecified atom stereocenters. The highest BCUT2D eigenvalue weighted by Crippen LogP contribution is 2.40. The van der Waals surface area contributed by atoms with E-state index >= 15 is 0 Å². The molecule has 4 aromatic rings. The lowest BCUT2D eigenvalue weighted by atomic mass is 10.1. The van der Waals surface area contributed by atoms with Gasteiger partial charge in [0.15, 0.2) is 0 Å². The summed E-state index contributed by atoms with van der Waals surface area (Å²) in [5, 5.41) is 16.3. The Morgan fingerprint density at radius 3 is 3.09 bits per heavy atom. The van der Waals surface area contributed by atoms with Crippen LogP contribution in [0.4, 0.5) is 0 Å². The number of benzene rings is 1. The van der Waals surface area contributed by atoms with Crippen molar-refractivity contribution in [3.8, 4) is 22.5 Å². The number of aromatic amines is 1. The first-order chi connectivity index (χ1) is 11.4. The molecule has 5 rings (SSSR count). The molecular formula is C18H14N4S. The van der Waals surface area contributed by atoms with Gasteiger partial charge in [-0.1, -0.05) is 18.2 Å². The van der Waals surface area contributed by atoms with Crippen molar-refractivity contribution in [1.29, 1.82) is 0 Å². The van der Waals surface area contributed by atoms with Gasteiger partial charge in [0.25, 0.3) is 0 Å². The van der Waals surface area contributed by atoms with E-state index in [4.69, 9.17) is 0 Å². The normalized spacial score (nSPS) is 12.3. The van der Waals surface area contributed by atoms with E-state index in [2.05, 4.69) is 50.3 Å². The predicted octanol–water partition coefficient (Wildman–Crippen LogP) is 3.95. The Kier molecular flexibility index (Phi) is 2.75. The second-order valence-corrected chi connectivity index (χ2v) is 6.59. The van der Waals surface area contributed by atoms with Crippen LogP contribution in [-0.4, -0.2) is 20.0 Å². The molecule has 0 spiro atoms. The molecule has 5 heteroatoms. The van der Waals surface area contributed by atoms with Crippen LogP contribution in [0.2, 0.25) is 0 Å². The molecule has 3 heterocycles. The van der Waals surface area contributed by atoms with E-state index in [0.717, 1.165) is 18.7 Å². The summed E-state index contributed by atoms with van der Waals surface area (Å²) >= 11 is 1.71. The number of fused-ring (bicyclic) bond motifs is 3. The average Bonchev–Trinajstić information content (AvgIpc) is 3.32. The lowest BCUT2D eigenvalue weighted by molar-refractivity contribution is 0.686. The van der Waals surface area contributed by atoms with Gasteiger partial charge in [-0.25, -0.2) is 0 Å². The zero-order chi connectivity index (χ0) is 15.2. The van der Waals surface area contributed by atoms with Crippen LogP contribution in [-0.2, 0) is 13.0 Å². The molecule has 0 saturated carbocycles. The molecule has 0 bridgehead atoms. The maximum atomic E-state index is 4.53. The number of nitrogens with one attached hydrogen (secondary N) is 1. The van der Waals surface area contributed by atoms with Crippen molar-refractivity contribution in [3.63, 3.8) is 0 Å². The van der Waals surface area contributed by atoms with Crippen LogP contribution in [0, 0.1) is 0 Å². The van der Waals surface area contributed by atoms with Gasteiger partial charge in [-0.2, -0.15) is 21.5 Å². The summed E-state index contributed by atoms with van der Waals surface area (Å²) in [4.78, 5) is 0. The van der Waals surface area contributed by atoms with Crippen molar-refractivity contribution in [2.75, 3.05) is 0 Å². The Bertz CT molecular complexity index is 965. The third kappa shape index (κ3) is 2.04. The number of hydrogen-bond acceptors (Lipinski definition) is 3. The van der Waals surface area contributed by atoms with E-state index in [1.807, 2.05) is 23.1 Å². The van der Waals surface area contributed by atoms with E-state index in [-0.39, 0.29) is 0 Å². The predicted molar refractivity (Wildman–Crippen MR) is 91.5 cm³/mol. The molecule has 4 nitrogen and oxygen atoms in total. The molecule has 0 aliphatic heterocycles. The largest absolute Gasteiger partial charge is 0.277 e. The minimum atomic E-state index is 0.809. The summed E-state index contributed by atoms with van der Waals surface area (Å²) in [6.45, 7) is 0.809. The topological polar surface area (TPSA) is 46.5 Å². The summed E-state index contributed by atoms with van der Waals surface area (Å²) < 4.78 is 1.95.